The number of aryl methyl sites for hydroxylation is 2. The van der Waals surface area contributed by atoms with Crippen LogP contribution in [0.25, 0.3) is 0 Å². The van der Waals surface area contributed by atoms with Crippen molar-refractivity contribution < 1.29 is 4.39 Å². The van der Waals surface area contributed by atoms with Crippen LogP contribution in [0.1, 0.15) is 18.1 Å². The van der Waals surface area contributed by atoms with Crippen LogP contribution in [-0.2, 0) is 0 Å². The summed E-state index contributed by atoms with van der Waals surface area (Å²) in [5.74, 6) is -0.292. The minimum atomic E-state index is -0.292. The highest BCUT2D eigenvalue weighted by Gasteiger charge is 2.09. The van der Waals surface area contributed by atoms with E-state index in [1.807, 2.05) is 44.9 Å². The third kappa shape index (κ3) is 4.45. The van der Waals surface area contributed by atoms with Gasteiger partial charge in [0.25, 0.3) is 0 Å². The second-order valence-electron chi connectivity index (χ2n) is 5.52. The number of nitrogens with zero attached hydrogens (tertiary/aromatic N) is 2. The Morgan fingerprint density at radius 1 is 1.17 bits per heavy atom. The SMILES string of the molecule is CCN(C)C=Nc1c(C)cc(F)cc1Nc1ccc(Cl)cc1C. The summed E-state index contributed by atoms with van der Waals surface area (Å²) >= 11 is 5.99. The number of rotatable bonds is 5. The topological polar surface area (TPSA) is 27.6 Å². The fourth-order valence-electron chi connectivity index (χ4n) is 2.15. The van der Waals surface area contributed by atoms with Gasteiger partial charge in [-0.15, -0.1) is 0 Å². The fraction of sp³-hybridized carbons (Fsp3) is 0.278. The fourth-order valence-corrected chi connectivity index (χ4v) is 2.38. The molecule has 122 valence electrons. The summed E-state index contributed by atoms with van der Waals surface area (Å²) in [7, 11) is 1.94. The van der Waals surface area contributed by atoms with Crippen LogP contribution in [0.3, 0.4) is 0 Å². The van der Waals surface area contributed by atoms with Gasteiger partial charge in [0.1, 0.15) is 5.82 Å². The van der Waals surface area contributed by atoms with Crippen molar-refractivity contribution in [3.63, 3.8) is 0 Å². The molecule has 3 nitrogen and oxygen atoms in total. The Kier molecular flexibility index (Phi) is 5.61. The van der Waals surface area contributed by atoms with Gasteiger partial charge < -0.3 is 10.2 Å². The van der Waals surface area contributed by atoms with E-state index in [1.165, 1.54) is 12.1 Å². The molecule has 0 saturated heterocycles. The van der Waals surface area contributed by atoms with Gasteiger partial charge >= 0.3 is 0 Å². The first-order chi connectivity index (χ1) is 10.9. The smallest absolute Gasteiger partial charge is 0.125 e. The third-order valence-corrected chi connectivity index (χ3v) is 3.84. The highest BCUT2D eigenvalue weighted by atomic mass is 35.5. The summed E-state index contributed by atoms with van der Waals surface area (Å²) in [6, 6.07) is 8.49. The van der Waals surface area contributed by atoms with Gasteiger partial charge in [-0.3, -0.25) is 0 Å². The Balaban J connectivity index is 2.42. The average molecular weight is 334 g/mol. The van der Waals surface area contributed by atoms with E-state index in [9.17, 15) is 4.39 Å². The molecule has 0 aliphatic rings. The van der Waals surface area contributed by atoms with Crippen LogP contribution in [0, 0.1) is 19.7 Å². The molecule has 2 aromatic carbocycles. The van der Waals surface area contributed by atoms with Crippen LogP contribution in [-0.4, -0.2) is 24.8 Å². The number of benzene rings is 2. The van der Waals surface area contributed by atoms with Crippen molar-refractivity contribution in [3.05, 3.63) is 52.3 Å². The molecular weight excluding hydrogens is 313 g/mol. The molecule has 0 bridgehead atoms. The number of nitrogens with one attached hydrogen (secondary N) is 1. The van der Waals surface area contributed by atoms with Gasteiger partial charge in [0.05, 0.1) is 17.7 Å². The highest BCUT2D eigenvalue weighted by Crippen LogP contribution is 2.33. The number of anilines is 2. The zero-order valence-electron chi connectivity index (χ0n) is 13.8. The van der Waals surface area contributed by atoms with E-state index >= 15 is 0 Å². The predicted molar refractivity (Wildman–Crippen MR) is 97.1 cm³/mol. The van der Waals surface area contributed by atoms with Gasteiger partial charge in [0.2, 0.25) is 0 Å². The predicted octanol–water partition coefficient (Wildman–Crippen LogP) is 5.45. The average Bonchev–Trinajstić information content (AvgIpc) is 2.48. The second kappa shape index (κ2) is 7.47. The summed E-state index contributed by atoms with van der Waals surface area (Å²) in [5.41, 5.74) is 3.99. The van der Waals surface area contributed by atoms with Gasteiger partial charge in [0, 0.05) is 24.3 Å². The summed E-state index contributed by atoms with van der Waals surface area (Å²) in [5, 5.41) is 3.93. The van der Waals surface area contributed by atoms with Crippen molar-refractivity contribution in [1.82, 2.24) is 4.90 Å². The molecule has 0 radical (unpaired) electrons. The molecule has 0 spiro atoms. The van der Waals surface area contributed by atoms with Crippen LogP contribution < -0.4 is 5.32 Å². The quantitative estimate of drug-likeness (QED) is 0.582. The molecule has 0 unspecified atom stereocenters. The van der Waals surface area contributed by atoms with Crippen LogP contribution in [0.5, 0.6) is 0 Å². The van der Waals surface area contributed by atoms with Crippen LogP contribution in [0.4, 0.5) is 21.5 Å². The minimum absolute atomic E-state index is 0.292. The van der Waals surface area contributed by atoms with Crippen LogP contribution in [0.15, 0.2) is 35.3 Å². The molecule has 0 fully saturated rings. The molecule has 23 heavy (non-hydrogen) atoms. The monoisotopic (exact) mass is 333 g/mol. The zero-order chi connectivity index (χ0) is 17.0. The first-order valence-corrected chi connectivity index (χ1v) is 7.86. The van der Waals surface area contributed by atoms with Crippen molar-refractivity contribution in [2.75, 3.05) is 18.9 Å². The van der Waals surface area contributed by atoms with Crippen molar-refractivity contribution in [1.29, 1.82) is 0 Å². The molecule has 0 saturated carbocycles. The van der Waals surface area contributed by atoms with E-state index in [0.29, 0.717) is 10.7 Å². The Morgan fingerprint density at radius 2 is 1.91 bits per heavy atom. The lowest BCUT2D eigenvalue weighted by atomic mass is 10.1. The van der Waals surface area contributed by atoms with Gasteiger partial charge in [-0.05, 0) is 62.2 Å². The molecule has 0 aromatic heterocycles. The molecule has 0 atom stereocenters. The van der Waals surface area contributed by atoms with Crippen molar-refractivity contribution in [3.8, 4) is 0 Å². The Morgan fingerprint density at radius 3 is 2.57 bits per heavy atom. The van der Waals surface area contributed by atoms with Crippen molar-refractivity contribution in [2.45, 2.75) is 20.8 Å². The van der Waals surface area contributed by atoms with E-state index in [-0.39, 0.29) is 5.82 Å². The molecule has 1 N–H and O–H groups in total. The Labute approximate surface area is 141 Å². The zero-order valence-corrected chi connectivity index (χ0v) is 14.6. The number of hydrogen-bond acceptors (Lipinski definition) is 2. The standard InChI is InChI=1S/C18H21ClFN3/c1-5-23(4)11-21-18-13(3)9-15(20)10-17(18)22-16-7-6-14(19)8-12(16)2/h6-11,22H,5H2,1-4H3. The van der Waals surface area contributed by atoms with Crippen molar-refractivity contribution in [2.24, 2.45) is 4.99 Å². The molecular formula is C18H21ClFN3. The van der Waals surface area contributed by atoms with E-state index in [2.05, 4.69) is 10.3 Å². The minimum Gasteiger partial charge on any atom is -0.366 e. The van der Waals surface area contributed by atoms with Crippen LogP contribution >= 0.6 is 11.6 Å². The maximum atomic E-state index is 13.8. The number of aliphatic imine (C=N–C) groups is 1. The normalized spacial score (nSPS) is 11.0. The molecule has 5 heteroatoms. The largest absolute Gasteiger partial charge is 0.366 e. The summed E-state index contributed by atoms with van der Waals surface area (Å²) in [4.78, 5) is 6.47. The maximum absolute atomic E-state index is 13.8. The lowest BCUT2D eigenvalue weighted by Crippen LogP contribution is -2.14. The van der Waals surface area contributed by atoms with Crippen LogP contribution in [0.2, 0.25) is 5.02 Å². The maximum Gasteiger partial charge on any atom is 0.125 e. The summed E-state index contributed by atoms with van der Waals surface area (Å²) in [6.07, 6.45) is 1.75. The van der Waals surface area contributed by atoms with E-state index < -0.39 is 0 Å². The highest BCUT2D eigenvalue weighted by molar-refractivity contribution is 6.30. The molecule has 0 amide bonds. The molecule has 0 heterocycles. The first-order valence-electron chi connectivity index (χ1n) is 7.48. The van der Waals surface area contributed by atoms with Gasteiger partial charge in [-0.1, -0.05) is 11.6 Å². The first kappa shape index (κ1) is 17.3. The van der Waals surface area contributed by atoms with Gasteiger partial charge in [-0.25, -0.2) is 9.38 Å². The van der Waals surface area contributed by atoms with Gasteiger partial charge in [0.15, 0.2) is 0 Å². The molecule has 0 aliphatic heterocycles. The number of halogens is 2. The molecule has 0 aliphatic carbocycles. The van der Waals surface area contributed by atoms with Gasteiger partial charge in [-0.2, -0.15) is 0 Å². The molecule has 2 aromatic rings. The van der Waals surface area contributed by atoms with E-state index in [4.69, 9.17) is 11.6 Å². The second-order valence-corrected chi connectivity index (χ2v) is 5.96. The Bertz CT molecular complexity index is 728. The number of hydrogen-bond donors (Lipinski definition) is 1. The lowest BCUT2D eigenvalue weighted by Gasteiger charge is -2.15. The third-order valence-electron chi connectivity index (χ3n) is 3.61. The van der Waals surface area contributed by atoms with Crippen molar-refractivity contribution >= 4 is 35.0 Å². The lowest BCUT2D eigenvalue weighted by molar-refractivity contribution is 0.552. The molecule has 2 rings (SSSR count). The summed E-state index contributed by atoms with van der Waals surface area (Å²) in [6.45, 7) is 6.69. The van der Waals surface area contributed by atoms with E-state index in [1.54, 1.807) is 12.4 Å². The Hall–Kier alpha value is -2.07. The van der Waals surface area contributed by atoms with E-state index in [0.717, 1.165) is 29.0 Å². The summed E-state index contributed by atoms with van der Waals surface area (Å²) < 4.78 is 13.8.